The third kappa shape index (κ3) is 6.89. The number of carboxylic acid groups (broad SMARTS) is 2. The molecule has 44 heavy (non-hydrogen) atoms. The maximum absolute atomic E-state index is 12.3. The number of allylic oxidation sites excluding steroid dienone is 2. The van der Waals surface area contributed by atoms with Gasteiger partial charge in [-0.25, -0.2) is 0 Å². The fraction of sp³-hybridized carbons (Fsp3) is 0.273. The molecule has 6 N–H and O–H groups in total. The Balaban J connectivity index is 0.00000353. The summed E-state index contributed by atoms with van der Waals surface area (Å²) in [7, 11) is 0. The van der Waals surface area contributed by atoms with E-state index in [0.717, 1.165) is 50.6 Å². The van der Waals surface area contributed by atoms with Gasteiger partial charge in [0.2, 0.25) is 0 Å². The monoisotopic (exact) mass is 610 g/mol. The largest absolute Gasteiger partial charge is 2.00 e. The van der Waals surface area contributed by atoms with Gasteiger partial charge in [0.25, 0.3) is 11.8 Å². The van der Waals surface area contributed by atoms with Gasteiger partial charge in [-0.3, -0.25) is 19.2 Å². The van der Waals surface area contributed by atoms with E-state index in [2.05, 4.69) is 33.8 Å². The van der Waals surface area contributed by atoms with Crippen LogP contribution in [0.15, 0.2) is 59.0 Å². The van der Waals surface area contributed by atoms with Crippen LogP contribution in [0.2, 0.25) is 0 Å². The number of nitrogens with one attached hydrogen (secondary N) is 4. The molecule has 2 aromatic rings. The minimum Gasteiger partial charge on any atom is -1.00 e. The molecule has 0 unspecified atom stereocenters. The van der Waals surface area contributed by atoms with Gasteiger partial charge < -0.3 is 33.7 Å². The number of carboxylic acids is 2. The number of aromatic amines is 2. The maximum Gasteiger partial charge on any atom is 2.00 e. The van der Waals surface area contributed by atoms with Gasteiger partial charge in [-0.05, 0) is 80.5 Å². The zero-order chi connectivity index (χ0) is 31.6. The summed E-state index contributed by atoms with van der Waals surface area (Å²) >= 11 is 0. The van der Waals surface area contributed by atoms with E-state index < -0.39 is 11.9 Å². The van der Waals surface area contributed by atoms with Gasteiger partial charge in [-0.1, -0.05) is 25.3 Å². The molecule has 4 heterocycles. The average Bonchev–Trinajstić information content (AvgIpc) is 3.59. The van der Waals surface area contributed by atoms with E-state index in [4.69, 9.17) is 0 Å². The Morgan fingerprint density at radius 2 is 1.18 bits per heavy atom. The van der Waals surface area contributed by atoms with Gasteiger partial charge in [-0.2, -0.15) is 0 Å². The molecule has 228 valence electrons. The fourth-order valence-electron chi connectivity index (χ4n) is 5.61. The van der Waals surface area contributed by atoms with Crippen molar-refractivity contribution in [3.05, 3.63) is 104 Å². The van der Waals surface area contributed by atoms with Crippen LogP contribution in [0.5, 0.6) is 0 Å². The van der Waals surface area contributed by atoms with Crippen molar-refractivity contribution in [2.24, 2.45) is 0 Å². The van der Waals surface area contributed by atoms with Gasteiger partial charge in [0.15, 0.2) is 0 Å². The Kier molecular flexibility index (Phi) is 10.8. The van der Waals surface area contributed by atoms with E-state index in [1.165, 1.54) is 6.08 Å². The number of carbonyl (C=O) groups excluding carboxylic acids is 2. The van der Waals surface area contributed by atoms with Crippen LogP contribution in [0.25, 0.3) is 12.2 Å². The summed E-state index contributed by atoms with van der Waals surface area (Å²) in [6, 6.07) is 0. The topological polar surface area (TPSA) is 164 Å². The summed E-state index contributed by atoms with van der Waals surface area (Å²) in [5.41, 5.74) is 10.2. The van der Waals surface area contributed by atoms with Crippen molar-refractivity contribution in [1.29, 1.82) is 0 Å². The number of aliphatic carboxylic acids is 2. The summed E-state index contributed by atoms with van der Waals surface area (Å²) in [5, 5.41) is 24.6. The normalized spacial score (nSPS) is 16.5. The molecule has 4 rings (SSSR count). The van der Waals surface area contributed by atoms with Gasteiger partial charge in [0.1, 0.15) is 0 Å². The molecule has 0 aromatic carbocycles. The molecule has 2 aromatic heterocycles. The van der Waals surface area contributed by atoms with Crippen molar-refractivity contribution in [3.63, 3.8) is 0 Å². The van der Waals surface area contributed by atoms with E-state index in [-0.39, 0.29) is 63.4 Å². The zero-order valence-electron chi connectivity index (χ0n) is 27.5. The van der Waals surface area contributed by atoms with Gasteiger partial charge in [-0.15, -0.1) is 0 Å². The molecule has 2 amide bonds. The summed E-state index contributed by atoms with van der Waals surface area (Å²) in [4.78, 5) is 54.5. The molecule has 0 radical (unpaired) electrons. The molecule has 2 aliphatic heterocycles. The summed E-state index contributed by atoms with van der Waals surface area (Å²) in [6.45, 7) is 14.9. The summed E-state index contributed by atoms with van der Waals surface area (Å²) < 4.78 is 0. The molecular weight excluding hydrogens is 573 g/mol. The Labute approximate surface area is 274 Å². The predicted molar refractivity (Wildman–Crippen MR) is 172 cm³/mol. The SMILES string of the molecule is C=CC1=C(C)/C(=C/c2[nH]c(Cc3[nH]c(/C=C4\NC(=O)C(C)=C4C=C)c(C)c3CCC(=O)O)c(CCC(=O)O)c2C)NC1=O.[H-].[H-].[Mg+2]. The first-order valence-corrected chi connectivity index (χ1v) is 13.9. The second-order valence-corrected chi connectivity index (χ2v) is 10.7. The smallest absolute Gasteiger partial charge is 1.00 e. The van der Waals surface area contributed by atoms with Crippen LogP contribution in [0.3, 0.4) is 0 Å². The molecule has 0 aliphatic carbocycles. The van der Waals surface area contributed by atoms with Crippen molar-refractivity contribution in [1.82, 2.24) is 20.6 Å². The quantitative estimate of drug-likeness (QED) is 0.195. The second-order valence-electron chi connectivity index (χ2n) is 10.7. The summed E-state index contributed by atoms with van der Waals surface area (Å²) in [6.07, 6.45) is 7.58. The number of aromatic nitrogens is 2. The Morgan fingerprint density at radius 3 is 1.61 bits per heavy atom. The first kappa shape index (κ1) is 34.1. The van der Waals surface area contributed by atoms with Crippen LogP contribution in [0.4, 0.5) is 0 Å². The van der Waals surface area contributed by atoms with Crippen molar-refractivity contribution < 1.29 is 32.2 Å². The molecule has 0 bridgehead atoms. The minimum absolute atomic E-state index is 0. The maximum atomic E-state index is 12.3. The molecule has 10 nitrogen and oxygen atoms in total. The molecule has 11 heteroatoms. The fourth-order valence-corrected chi connectivity index (χ4v) is 5.61. The Hall–Kier alpha value is -4.35. The van der Waals surface area contributed by atoms with Crippen LogP contribution >= 0.6 is 0 Å². The average molecular weight is 611 g/mol. The predicted octanol–water partition coefficient (Wildman–Crippen LogP) is 4.38. The van der Waals surface area contributed by atoms with Gasteiger partial charge in [0.05, 0.1) is 5.70 Å². The third-order valence-corrected chi connectivity index (χ3v) is 8.11. The number of H-pyrrole nitrogens is 2. The van der Waals surface area contributed by atoms with Gasteiger partial charge >= 0.3 is 35.0 Å². The van der Waals surface area contributed by atoms with E-state index in [0.29, 0.717) is 34.5 Å². The molecule has 0 atom stereocenters. The van der Waals surface area contributed by atoms with Crippen molar-refractivity contribution in [3.8, 4) is 0 Å². The first-order valence-electron chi connectivity index (χ1n) is 13.9. The van der Waals surface area contributed by atoms with Crippen LogP contribution < -0.4 is 10.6 Å². The second kappa shape index (κ2) is 14.0. The van der Waals surface area contributed by atoms with E-state index >= 15 is 0 Å². The van der Waals surface area contributed by atoms with Crippen molar-refractivity contribution >= 4 is 59.0 Å². The van der Waals surface area contributed by atoms with Crippen LogP contribution in [0.1, 0.15) is 74.6 Å². The zero-order valence-corrected chi connectivity index (χ0v) is 26.9. The van der Waals surface area contributed by atoms with E-state index in [9.17, 15) is 29.4 Å². The standard InChI is InChI=1S/C33H36N4O6.Mg.2H/c1-7-20-19(6)32(42)37-27(20)14-25-18(5)23(10-12-31(40)41)29(35-25)15-28-22(9-11-30(38)39)17(4)24(34-28)13-26-16(3)21(8-2)33(43)36-26;;;/h7-8,13-14,34-35H,1-2,9-12,15H2,3-6H3,(H,36,43)(H,37,42)(H,38,39)(H,40,41);;;/q;+2;2*-1/b26-13-,27-14-;;;. The van der Waals surface area contributed by atoms with Crippen LogP contribution in [0, 0.1) is 13.8 Å². The number of rotatable bonds is 12. The Morgan fingerprint density at radius 1 is 0.727 bits per heavy atom. The molecule has 0 saturated heterocycles. The molecule has 0 saturated carbocycles. The number of hydrogen-bond acceptors (Lipinski definition) is 4. The molecular formula is C33H38MgN4O6. The van der Waals surface area contributed by atoms with Crippen molar-refractivity contribution in [2.75, 3.05) is 0 Å². The summed E-state index contributed by atoms with van der Waals surface area (Å²) in [5.74, 6) is -2.28. The van der Waals surface area contributed by atoms with E-state index in [1.54, 1.807) is 13.0 Å². The van der Waals surface area contributed by atoms with Gasteiger partial charge in [0, 0.05) is 64.5 Å². The first-order chi connectivity index (χ1) is 20.4. The van der Waals surface area contributed by atoms with Crippen LogP contribution in [-0.4, -0.2) is 67.0 Å². The molecule has 2 aliphatic rings. The molecule has 0 fully saturated rings. The Bertz CT molecular complexity index is 1720. The van der Waals surface area contributed by atoms with E-state index in [1.807, 2.05) is 32.9 Å². The van der Waals surface area contributed by atoms with Crippen molar-refractivity contribution in [2.45, 2.75) is 59.8 Å². The number of hydrogen-bond donors (Lipinski definition) is 6. The third-order valence-electron chi connectivity index (χ3n) is 8.11. The van der Waals surface area contributed by atoms with Crippen LogP contribution in [-0.2, 0) is 38.4 Å². The molecule has 0 spiro atoms. The number of amides is 2. The minimum atomic E-state index is -0.922. The number of carbonyl (C=O) groups is 4.